The molecule has 3 aromatic heterocycles. The molecular weight excluding hydrogens is 471 g/mol. The number of aromatic nitrogens is 5. The normalized spacial score (nSPS) is 11.2. The summed E-state index contributed by atoms with van der Waals surface area (Å²) in [6.45, 7) is 6.03. The first-order chi connectivity index (χ1) is 17.8. The first-order valence-electron chi connectivity index (χ1n) is 11.9. The topological polar surface area (TPSA) is 86.9 Å². The molecule has 9 heteroatoms. The zero-order chi connectivity index (χ0) is 26.1. The van der Waals surface area contributed by atoms with Crippen LogP contribution in [0.1, 0.15) is 22.6 Å². The van der Waals surface area contributed by atoms with Gasteiger partial charge in [-0.1, -0.05) is 24.3 Å². The Kier molecular flexibility index (Phi) is 6.43. The second-order valence-corrected chi connectivity index (χ2v) is 8.91. The van der Waals surface area contributed by atoms with E-state index in [4.69, 9.17) is 4.74 Å². The van der Waals surface area contributed by atoms with E-state index in [9.17, 15) is 9.18 Å². The average Bonchev–Trinajstić information content (AvgIpc) is 3.34. The summed E-state index contributed by atoms with van der Waals surface area (Å²) >= 11 is 0. The molecular formula is C28H27FN6O2. The SMILES string of the molecule is COc1ccc(-c2ccnc3c2c(C)nn3CC(=O)Nc2c(C)nn(Cc3cccc(F)c3)c2C)cc1. The Labute approximate surface area is 213 Å². The van der Waals surface area contributed by atoms with Gasteiger partial charge in [-0.05, 0) is 67.8 Å². The predicted molar refractivity (Wildman–Crippen MR) is 140 cm³/mol. The standard InChI is InChI=1S/C28H27FN6O2/c1-17-26-24(21-8-10-23(37-4)11-9-21)12-13-30-28(26)35(32-17)16-25(36)31-27-18(2)33-34(19(27)3)15-20-6-5-7-22(29)14-20/h5-14H,15-16H2,1-4H3,(H,31,36). The molecule has 0 atom stereocenters. The summed E-state index contributed by atoms with van der Waals surface area (Å²) in [6, 6.07) is 16.2. The van der Waals surface area contributed by atoms with Crippen LogP contribution >= 0.6 is 0 Å². The number of aryl methyl sites for hydroxylation is 2. The van der Waals surface area contributed by atoms with Gasteiger partial charge in [0.05, 0.1) is 36.4 Å². The first kappa shape index (κ1) is 24.2. The molecule has 188 valence electrons. The molecule has 0 spiro atoms. The number of halogens is 1. The summed E-state index contributed by atoms with van der Waals surface area (Å²) in [6.07, 6.45) is 1.72. The Balaban J connectivity index is 1.38. The van der Waals surface area contributed by atoms with Crippen LogP contribution in [0.4, 0.5) is 10.1 Å². The van der Waals surface area contributed by atoms with E-state index in [1.165, 1.54) is 12.1 Å². The third-order valence-electron chi connectivity index (χ3n) is 6.37. The van der Waals surface area contributed by atoms with Crippen molar-refractivity contribution in [1.29, 1.82) is 0 Å². The number of hydrogen-bond acceptors (Lipinski definition) is 5. The Morgan fingerprint density at radius 2 is 1.76 bits per heavy atom. The molecule has 5 aromatic rings. The van der Waals surface area contributed by atoms with Crippen molar-refractivity contribution in [1.82, 2.24) is 24.5 Å². The first-order valence-corrected chi connectivity index (χ1v) is 11.9. The highest BCUT2D eigenvalue weighted by Gasteiger charge is 2.19. The van der Waals surface area contributed by atoms with Crippen LogP contribution in [-0.4, -0.2) is 37.6 Å². The van der Waals surface area contributed by atoms with E-state index in [1.54, 1.807) is 28.7 Å². The molecule has 0 saturated carbocycles. The molecule has 0 aliphatic rings. The zero-order valence-electron chi connectivity index (χ0n) is 21.1. The number of nitrogens with one attached hydrogen (secondary N) is 1. The fourth-order valence-corrected chi connectivity index (χ4v) is 4.56. The lowest BCUT2D eigenvalue weighted by Gasteiger charge is -2.09. The molecule has 0 bridgehead atoms. The number of benzene rings is 2. The maximum Gasteiger partial charge on any atom is 0.246 e. The van der Waals surface area contributed by atoms with Crippen molar-refractivity contribution in [2.45, 2.75) is 33.9 Å². The Morgan fingerprint density at radius 3 is 2.49 bits per heavy atom. The molecule has 5 rings (SSSR count). The second kappa shape index (κ2) is 9.85. The maximum atomic E-state index is 13.6. The van der Waals surface area contributed by atoms with Crippen molar-refractivity contribution >= 4 is 22.6 Å². The van der Waals surface area contributed by atoms with Crippen LogP contribution in [-0.2, 0) is 17.9 Å². The minimum absolute atomic E-state index is 0.00262. The molecule has 0 fully saturated rings. The number of ether oxygens (including phenoxy) is 1. The van der Waals surface area contributed by atoms with Gasteiger partial charge in [0.25, 0.3) is 0 Å². The molecule has 0 saturated heterocycles. The molecule has 0 aliphatic carbocycles. The molecule has 0 aliphatic heterocycles. The lowest BCUT2D eigenvalue weighted by Crippen LogP contribution is -2.20. The summed E-state index contributed by atoms with van der Waals surface area (Å²) in [5.74, 6) is 0.249. The van der Waals surface area contributed by atoms with Crippen LogP contribution < -0.4 is 10.1 Å². The summed E-state index contributed by atoms with van der Waals surface area (Å²) in [4.78, 5) is 17.6. The number of anilines is 1. The maximum absolute atomic E-state index is 13.6. The number of pyridine rings is 1. The van der Waals surface area contributed by atoms with E-state index in [2.05, 4.69) is 20.5 Å². The molecule has 0 unspecified atom stereocenters. The van der Waals surface area contributed by atoms with Crippen LogP contribution in [0, 0.1) is 26.6 Å². The van der Waals surface area contributed by atoms with Crippen molar-refractivity contribution in [3.05, 3.63) is 89.3 Å². The van der Waals surface area contributed by atoms with Crippen LogP contribution in [0.2, 0.25) is 0 Å². The number of methoxy groups -OCH3 is 1. The highest BCUT2D eigenvalue weighted by Crippen LogP contribution is 2.31. The van der Waals surface area contributed by atoms with Gasteiger partial charge in [0.15, 0.2) is 5.65 Å². The number of carbonyl (C=O) groups is 1. The number of fused-ring (bicyclic) bond motifs is 1. The summed E-state index contributed by atoms with van der Waals surface area (Å²) in [5.41, 5.74) is 6.33. The van der Waals surface area contributed by atoms with Gasteiger partial charge in [-0.3, -0.25) is 9.48 Å². The Hall–Kier alpha value is -4.53. The van der Waals surface area contributed by atoms with Gasteiger partial charge in [-0.2, -0.15) is 10.2 Å². The van der Waals surface area contributed by atoms with E-state index in [-0.39, 0.29) is 18.3 Å². The van der Waals surface area contributed by atoms with Gasteiger partial charge in [0.2, 0.25) is 5.91 Å². The largest absolute Gasteiger partial charge is 0.497 e. The molecule has 37 heavy (non-hydrogen) atoms. The lowest BCUT2D eigenvalue weighted by atomic mass is 10.0. The van der Waals surface area contributed by atoms with Gasteiger partial charge in [0.1, 0.15) is 18.1 Å². The monoisotopic (exact) mass is 498 g/mol. The Morgan fingerprint density at radius 1 is 1.00 bits per heavy atom. The van der Waals surface area contributed by atoms with E-state index in [0.717, 1.165) is 39.2 Å². The van der Waals surface area contributed by atoms with Gasteiger partial charge >= 0.3 is 0 Å². The average molecular weight is 499 g/mol. The number of carbonyl (C=O) groups excluding carboxylic acids is 1. The molecule has 1 N–H and O–H groups in total. The van der Waals surface area contributed by atoms with Crippen molar-refractivity contribution in [2.75, 3.05) is 12.4 Å². The van der Waals surface area contributed by atoms with E-state index < -0.39 is 0 Å². The number of hydrogen-bond donors (Lipinski definition) is 1. The number of nitrogens with zero attached hydrogens (tertiary/aromatic N) is 5. The van der Waals surface area contributed by atoms with Crippen molar-refractivity contribution < 1.29 is 13.9 Å². The van der Waals surface area contributed by atoms with Crippen LogP contribution in [0.3, 0.4) is 0 Å². The molecule has 2 aromatic carbocycles. The molecule has 0 radical (unpaired) electrons. The third-order valence-corrected chi connectivity index (χ3v) is 6.37. The summed E-state index contributed by atoms with van der Waals surface area (Å²) < 4.78 is 22.2. The fourth-order valence-electron chi connectivity index (χ4n) is 4.56. The van der Waals surface area contributed by atoms with Crippen molar-refractivity contribution in [3.63, 3.8) is 0 Å². The predicted octanol–water partition coefficient (Wildman–Crippen LogP) is 5.05. The van der Waals surface area contributed by atoms with Gasteiger partial charge in [0, 0.05) is 11.6 Å². The number of rotatable bonds is 7. The van der Waals surface area contributed by atoms with E-state index >= 15 is 0 Å². The third kappa shape index (κ3) is 4.80. The zero-order valence-corrected chi connectivity index (χ0v) is 21.1. The smallest absolute Gasteiger partial charge is 0.246 e. The summed E-state index contributed by atoms with van der Waals surface area (Å²) in [5, 5.41) is 13.0. The van der Waals surface area contributed by atoms with Crippen LogP contribution in [0.25, 0.3) is 22.2 Å². The quantitative estimate of drug-likeness (QED) is 0.339. The van der Waals surface area contributed by atoms with Crippen molar-refractivity contribution in [2.24, 2.45) is 0 Å². The minimum Gasteiger partial charge on any atom is -0.497 e. The fraction of sp³-hybridized carbons (Fsp3) is 0.214. The second-order valence-electron chi connectivity index (χ2n) is 8.91. The van der Waals surface area contributed by atoms with E-state index in [0.29, 0.717) is 23.6 Å². The van der Waals surface area contributed by atoms with Crippen LogP contribution in [0.15, 0.2) is 60.8 Å². The number of amides is 1. The highest BCUT2D eigenvalue weighted by molar-refractivity contribution is 5.96. The lowest BCUT2D eigenvalue weighted by molar-refractivity contribution is -0.116. The molecule has 8 nitrogen and oxygen atoms in total. The van der Waals surface area contributed by atoms with E-state index in [1.807, 2.05) is 57.2 Å². The molecule has 3 heterocycles. The Bertz CT molecular complexity index is 1600. The highest BCUT2D eigenvalue weighted by atomic mass is 19.1. The van der Waals surface area contributed by atoms with Gasteiger partial charge in [-0.25, -0.2) is 14.1 Å². The van der Waals surface area contributed by atoms with Crippen molar-refractivity contribution in [3.8, 4) is 16.9 Å². The van der Waals surface area contributed by atoms with Crippen LogP contribution in [0.5, 0.6) is 5.75 Å². The minimum atomic E-state index is -0.293. The molecule has 1 amide bonds. The van der Waals surface area contributed by atoms with Gasteiger partial charge < -0.3 is 10.1 Å². The van der Waals surface area contributed by atoms with Gasteiger partial charge in [-0.15, -0.1) is 0 Å². The summed E-state index contributed by atoms with van der Waals surface area (Å²) in [7, 11) is 1.64.